The summed E-state index contributed by atoms with van der Waals surface area (Å²) < 4.78 is 0. The predicted molar refractivity (Wildman–Crippen MR) is 108 cm³/mol. The number of nitrogens with one attached hydrogen (secondary N) is 2. The quantitative estimate of drug-likeness (QED) is 0.508. The molecule has 3 N–H and O–H groups in total. The molecule has 0 fully saturated rings. The van der Waals surface area contributed by atoms with Crippen LogP contribution in [0.1, 0.15) is 11.6 Å². The molecule has 134 valence electrons. The molecule has 4 aromatic rings. The minimum Gasteiger partial charge on any atom is -0.394 e. The molecule has 0 aliphatic carbocycles. The number of aliphatic hydroxyl groups excluding tert-OH is 1. The van der Waals surface area contributed by atoms with E-state index >= 15 is 0 Å². The van der Waals surface area contributed by atoms with E-state index < -0.39 is 0 Å². The molecule has 1 heterocycles. The summed E-state index contributed by atoms with van der Waals surface area (Å²) in [5.74, 6) is 0. The summed E-state index contributed by atoms with van der Waals surface area (Å²) >= 11 is 0. The van der Waals surface area contributed by atoms with Gasteiger partial charge in [0.05, 0.1) is 23.7 Å². The van der Waals surface area contributed by atoms with Gasteiger partial charge in [-0.2, -0.15) is 5.10 Å². The highest BCUT2D eigenvalue weighted by Gasteiger charge is 2.11. The lowest BCUT2D eigenvalue weighted by molar-refractivity contribution is 0.276. The second-order valence-corrected chi connectivity index (χ2v) is 6.31. The van der Waals surface area contributed by atoms with Crippen molar-refractivity contribution in [2.45, 2.75) is 6.04 Å². The monoisotopic (exact) mass is 357 g/mol. The molecule has 0 amide bonds. The van der Waals surface area contributed by atoms with Crippen LogP contribution in [0.3, 0.4) is 0 Å². The van der Waals surface area contributed by atoms with Gasteiger partial charge in [-0.05, 0) is 23.8 Å². The zero-order valence-electron chi connectivity index (χ0n) is 14.6. The molecule has 1 unspecified atom stereocenters. The zero-order chi connectivity index (χ0) is 18.6. The van der Waals surface area contributed by atoms with Gasteiger partial charge in [0.25, 0.3) is 5.56 Å². The van der Waals surface area contributed by atoms with Gasteiger partial charge in [0.15, 0.2) is 0 Å². The Labute approximate surface area is 156 Å². The molecule has 0 spiro atoms. The van der Waals surface area contributed by atoms with Crippen molar-refractivity contribution >= 4 is 16.5 Å². The Balaban J connectivity index is 1.63. The first-order valence-electron chi connectivity index (χ1n) is 8.76. The largest absolute Gasteiger partial charge is 0.394 e. The summed E-state index contributed by atoms with van der Waals surface area (Å²) in [6.07, 6.45) is 0. The lowest BCUT2D eigenvalue weighted by Gasteiger charge is -2.18. The second-order valence-electron chi connectivity index (χ2n) is 6.31. The number of hydrogen-bond acceptors (Lipinski definition) is 4. The first kappa shape index (κ1) is 17.0. The topological polar surface area (TPSA) is 78.0 Å². The maximum absolute atomic E-state index is 12.0. The number of aromatic amines is 1. The number of benzene rings is 3. The van der Waals surface area contributed by atoms with Crippen LogP contribution in [0.5, 0.6) is 0 Å². The smallest absolute Gasteiger partial charge is 0.272 e. The van der Waals surface area contributed by atoms with Crippen LogP contribution in [0.4, 0.5) is 5.69 Å². The molecule has 0 radical (unpaired) electrons. The van der Waals surface area contributed by atoms with Crippen molar-refractivity contribution in [2.24, 2.45) is 0 Å². The van der Waals surface area contributed by atoms with Crippen molar-refractivity contribution in [3.05, 3.63) is 94.8 Å². The van der Waals surface area contributed by atoms with E-state index in [0.29, 0.717) is 5.39 Å². The normalized spacial score (nSPS) is 12.0. The Morgan fingerprint density at radius 1 is 0.889 bits per heavy atom. The molecular formula is C22H19N3O2. The molecule has 1 atom stereocenters. The molecule has 5 heteroatoms. The Hall–Kier alpha value is -3.44. The predicted octanol–water partition coefficient (Wildman–Crippen LogP) is 3.74. The van der Waals surface area contributed by atoms with Crippen molar-refractivity contribution in [1.29, 1.82) is 0 Å². The van der Waals surface area contributed by atoms with Crippen molar-refractivity contribution in [3.8, 4) is 11.3 Å². The maximum Gasteiger partial charge on any atom is 0.272 e. The molecule has 0 bridgehead atoms. The van der Waals surface area contributed by atoms with Gasteiger partial charge in [-0.25, -0.2) is 5.10 Å². The third-order valence-electron chi connectivity index (χ3n) is 4.58. The van der Waals surface area contributed by atoms with Crippen molar-refractivity contribution in [1.82, 2.24) is 10.2 Å². The Kier molecular flexibility index (Phi) is 4.68. The Bertz CT molecular complexity index is 1110. The Morgan fingerprint density at radius 3 is 2.26 bits per heavy atom. The van der Waals surface area contributed by atoms with Crippen LogP contribution in [-0.2, 0) is 0 Å². The summed E-state index contributed by atoms with van der Waals surface area (Å²) in [5.41, 5.74) is 3.38. The minimum atomic E-state index is -0.193. The molecule has 0 saturated carbocycles. The van der Waals surface area contributed by atoms with E-state index in [4.69, 9.17) is 0 Å². The van der Waals surface area contributed by atoms with Crippen LogP contribution in [0, 0.1) is 0 Å². The minimum absolute atomic E-state index is 0.00210. The molecule has 0 aliphatic heterocycles. The first-order valence-corrected chi connectivity index (χ1v) is 8.76. The van der Waals surface area contributed by atoms with Crippen molar-refractivity contribution < 1.29 is 5.11 Å². The number of nitrogens with zero attached hydrogens (tertiary/aromatic N) is 1. The molecule has 0 saturated heterocycles. The number of aromatic nitrogens is 2. The highest BCUT2D eigenvalue weighted by molar-refractivity contribution is 5.93. The fourth-order valence-corrected chi connectivity index (χ4v) is 3.18. The number of H-pyrrole nitrogens is 1. The van der Waals surface area contributed by atoms with Crippen molar-refractivity contribution in [3.63, 3.8) is 0 Å². The van der Waals surface area contributed by atoms with Gasteiger partial charge in [0.1, 0.15) is 0 Å². The highest BCUT2D eigenvalue weighted by atomic mass is 16.3. The van der Waals surface area contributed by atoms with Gasteiger partial charge >= 0.3 is 0 Å². The summed E-state index contributed by atoms with van der Waals surface area (Å²) in [4.78, 5) is 12.0. The lowest BCUT2D eigenvalue weighted by Crippen LogP contribution is -2.14. The molecule has 0 aliphatic rings. The van der Waals surface area contributed by atoms with Gasteiger partial charge in [-0.3, -0.25) is 4.79 Å². The number of anilines is 1. The van der Waals surface area contributed by atoms with Crippen molar-refractivity contribution in [2.75, 3.05) is 11.9 Å². The summed E-state index contributed by atoms with van der Waals surface area (Å²) in [7, 11) is 0. The van der Waals surface area contributed by atoms with Gasteiger partial charge < -0.3 is 10.4 Å². The van der Waals surface area contributed by atoms with Gasteiger partial charge in [-0.15, -0.1) is 0 Å². The van der Waals surface area contributed by atoms with Crippen LogP contribution in [0.15, 0.2) is 83.7 Å². The van der Waals surface area contributed by atoms with E-state index in [9.17, 15) is 9.90 Å². The standard InChI is InChI=1S/C22H19N3O2/c26-14-20(15-6-2-1-3-7-15)23-17-12-10-16(11-13-17)21-18-8-4-5-9-19(18)22(27)25-24-21/h1-13,20,23,26H,14H2,(H,25,27). The molecule has 3 aromatic carbocycles. The fourth-order valence-electron chi connectivity index (χ4n) is 3.18. The van der Waals surface area contributed by atoms with Crippen LogP contribution in [0.2, 0.25) is 0 Å². The van der Waals surface area contributed by atoms with Crippen LogP contribution >= 0.6 is 0 Å². The highest BCUT2D eigenvalue weighted by Crippen LogP contribution is 2.26. The summed E-state index contributed by atoms with van der Waals surface area (Å²) in [6, 6.07) is 24.9. The number of fused-ring (bicyclic) bond motifs is 1. The van der Waals surface area contributed by atoms with E-state index in [1.165, 1.54) is 0 Å². The molecule has 4 rings (SSSR count). The molecule has 27 heavy (non-hydrogen) atoms. The van der Waals surface area contributed by atoms with Crippen LogP contribution in [-0.4, -0.2) is 21.9 Å². The molecular weight excluding hydrogens is 338 g/mol. The maximum atomic E-state index is 12.0. The number of hydrogen-bond donors (Lipinski definition) is 3. The average Bonchev–Trinajstić information content (AvgIpc) is 2.74. The van der Waals surface area contributed by atoms with E-state index in [1.54, 1.807) is 6.07 Å². The fraction of sp³-hybridized carbons (Fsp3) is 0.0909. The van der Waals surface area contributed by atoms with Gasteiger partial charge in [0.2, 0.25) is 0 Å². The van der Waals surface area contributed by atoms with Gasteiger partial charge in [-0.1, -0.05) is 60.7 Å². The van der Waals surface area contributed by atoms with E-state index in [0.717, 1.165) is 27.9 Å². The van der Waals surface area contributed by atoms with Crippen LogP contribution < -0.4 is 10.9 Å². The van der Waals surface area contributed by atoms with Crippen LogP contribution in [0.25, 0.3) is 22.0 Å². The van der Waals surface area contributed by atoms with E-state index in [-0.39, 0.29) is 18.2 Å². The third-order valence-corrected chi connectivity index (χ3v) is 4.58. The summed E-state index contributed by atoms with van der Waals surface area (Å²) in [6.45, 7) is -0.00210. The van der Waals surface area contributed by atoms with E-state index in [1.807, 2.05) is 72.8 Å². The number of aliphatic hydroxyl groups is 1. The first-order chi connectivity index (χ1) is 13.3. The average molecular weight is 357 g/mol. The third kappa shape index (κ3) is 3.45. The lowest BCUT2D eigenvalue weighted by atomic mass is 10.0. The molecule has 1 aromatic heterocycles. The SMILES string of the molecule is O=c1[nH]nc(-c2ccc(NC(CO)c3ccccc3)cc2)c2ccccc12. The zero-order valence-corrected chi connectivity index (χ0v) is 14.6. The summed E-state index contributed by atoms with van der Waals surface area (Å²) in [5, 5.41) is 21.3. The number of rotatable bonds is 5. The van der Waals surface area contributed by atoms with Gasteiger partial charge in [0, 0.05) is 16.6 Å². The Morgan fingerprint density at radius 2 is 1.56 bits per heavy atom. The second kappa shape index (κ2) is 7.43. The molecule has 5 nitrogen and oxygen atoms in total. The van der Waals surface area contributed by atoms with E-state index in [2.05, 4.69) is 15.5 Å².